The van der Waals surface area contributed by atoms with Crippen LogP contribution in [0.25, 0.3) is 0 Å². The van der Waals surface area contributed by atoms with Crippen molar-refractivity contribution in [2.24, 2.45) is 5.92 Å². The van der Waals surface area contributed by atoms with Gasteiger partial charge < -0.3 is 10.2 Å². The lowest BCUT2D eigenvalue weighted by atomic mass is 10.0. The molecule has 1 amide bonds. The van der Waals surface area contributed by atoms with E-state index < -0.39 is 0 Å². The minimum absolute atomic E-state index is 0.293. The van der Waals surface area contributed by atoms with Crippen molar-refractivity contribution >= 4 is 11.7 Å². The molecule has 1 aliphatic rings. The molecule has 0 saturated carbocycles. The predicted molar refractivity (Wildman–Crippen MR) is 86.2 cm³/mol. The number of carbonyl (C=O) groups is 2. The SMILES string of the molecule is CCC(=O)CCCCCCCNCCC(=O)N1CC(C)C1. The van der Waals surface area contributed by atoms with Crippen LogP contribution >= 0.6 is 0 Å². The molecule has 0 aromatic carbocycles. The van der Waals surface area contributed by atoms with Gasteiger partial charge in [0.25, 0.3) is 0 Å². The van der Waals surface area contributed by atoms with Gasteiger partial charge in [-0.2, -0.15) is 0 Å². The van der Waals surface area contributed by atoms with Crippen LogP contribution in [0.1, 0.15) is 65.2 Å². The Hall–Kier alpha value is -0.900. The molecule has 0 aliphatic carbocycles. The standard InChI is InChI=1S/C17H32N2O2/c1-3-16(20)9-7-5-4-6-8-11-18-12-10-17(21)19-13-15(2)14-19/h15,18H,3-14H2,1-2H3. The Labute approximate surface area is 129 Å². The van der Waals surface area contributed by atoms with Gasteiger partial charge in [0.05, 0.1) is 0 Å². The lowest BCUT2D eigenvalue weighted by Gasteiger charge is -2.37. The number of carbonyl (C=O) groups excluding carboxylic acids is 2. The first-order valence-electron chi connectivity index (χ1n) is 8.63. The van der Waals surface area contributed by atoms with E-state index in [-0.39, 0.29) is 0 Å². The summed E-state index contributed by atoms with van der Waals surface area (Å²) >= 11 is 0. The highest BCUT2D eigenvalue weighted by molar-refractivity contribution is 5.78. The maximum absolute atomic E-state index is 11.7. The molecule has 1 N–H and O–H groups in total. The third kappa shape index (κ3) is 8.20. The van der Waals surface area contributed by atoms with Crippen LogP contribution in [0.4, 0.5) is 0 Å². The van der Waals surface area contributed by atoms with Gasteiger partial charge in [0.2, 0.25) is 5.91 Å². The van der Waals surface area contributed by atoms with E-state index in [2.05, 4.69) is 12.2 Å². The van der Waals surface area contributed by atoms with E-state index in [1.54, 1.807) is 0 Å². The summed E-state index contributed by atoms with van der Waals surface area (Å²) < 4.78 is 0. The molecule has 0 spiro atoms. The van der Waals surface area contributed by atoms with E-state index in [0.29, 0.717) is 30.4 Å². The van der Waals surface area contributed by atoms with Gasteiger partial charge in [-0.1, -0.05) is 33.1 Å². The monoisotopic (exact) mass is 296 g/mol. The third-order valence-electron chi connectivity index (χ3n) is 4.14. The number of rotatable bonds is 12. The molecule has 0 radical (unpaired) electrons. The Morgan fingerprint density at radius 3 is 2.33 bits per heavy atom. The van der Waals surface area contributed by atoms with Gasteiger partial charge in [0.15, 0.2) is 0 Å². The summed E-state index contributed by atoms with van der Waals surface area (Å²) in [6, 6.07) is 0. The van der Waals surface area contributed by atoms with Gasteiger partial charge in [0, 0.05) is 38.9 Å². The maximum Gasteiger partial charge on any atom is 0.223 e. The highest BCUT2D eigenvalue weighted by Crippen LogP contribution is 2.14. The first-order chi connectivity index (χ1) is 10.1. The quantitative estimate of drug-likeness (QED) is 0.563. The van der Waals surface area contributed by atoms with Crippen molar-refractivity contribution in [3.63, 3.8) is 0 Å². The fourth-order valence-electron chi connectivity index (χ4n) is 2.66. The number of nitrogens with zero attached hydrogens (tertiary/aromatic N) is 1. The number of hydrogen-bond donors (Lipinski definition) is 1. The van der Waals surface area contributed by atoms with Gasteiger partial charge in [-0.25, -0.2) is 0 Å². The largest absolute Gasteiger partial charge is 0.342 e. The molecule has 1 heterocycles. The molecule has 122 valence electrons. The zero-order valence-electron chi connectivity index (χ0n) is 13.8. The lowest BCUT2D eigenvalue weighted by molar-refractivity contribution is -0.136. The molecule has 0 aromatic rings. The Bertz CT molecular complexity index is 312. The predicted octanol–water partition coefficient (Wildman–Crippen LogP) is 2.76. The summed E-state index contributed by atoms with van der Waals surface area (Å²) in [7, 11) is 0. The number of hydrogen-bond acceptors (Lipinski definition) is 3. The van der Waals surface area contributed by atoms with Crippen LogP contribution in [-0.2, 0) is 9.59 Å². The number of unbranched alkanes of at least 4 members (excludes halogenated alkanes) is 4. The molecule has 1 fully saturated rings. The molecule has 0 unspecified atom stereocenters. The number of Topliss-reactive ketones (excluding diaryl/α,β-unsaturated/α-hetero) is 1. The minimum Gasteiger partial charge on any atom is -0.342 e. The van der Waals surface area contributed by atoms with Crippen LogP contribution in [0.3, 0.4) is 0 Å². The average Bonchev–Trinajstić information content (AvgIpc) is 2.45. The summed E-state index contributed by atoms with van der Waals surface area (Å²) in [4.78, 5) is 24.8. The molecular weight excluding hydrogens is 264 g/mol. The van der Waals surface area contributed by atoms with Gasteiger partial charge in [0.1, 0.15) is 5.78 Å². The van der Waals surface area contributed by atoms with E-state index in [4.69, 9.17) is 0 Å². The summed E-state index contributed by atoms with van der Waals surface area (Å²) in [5.74, 6) is 1.37. The second kappa shape index (κ2) is 10.8. The zero-order chi connectivity index (χ0) is 15.5. The highest BCUT2D eigenvalue weighted by atomic mass is 16.2. The molecule has 1 rings (SSSR count). The van der Waals surface area contributed by atoms with Gasteiger partial charge in [-0.15, -0.1) is 0 Å². The number of amides is 1. The van der Waals surface area contributed by atoms with E-state index in [0.717, 1.165) is 51.9 Å². The Balaban J connectivity index is 1.78. The molecule has 4 nitrogen and oxygen atoms in total. The first kappa shape index (κ1) is 18.1. The van der Waals surface area contributed by atoms with Gasteiger partial charge in [-0.3, -0.25) is 9.59 Å². The minimum atomic E-state index is 0.293. The lowest BCUT2D eigenvalue weighted by Crippen LogP contribution is -2.49. The van der Waals surface area contributed by atoms with E-state index >= 15 is 0 Å². The molecule has 0 atom stereocenters. The molecule has 0 bridgehead atoms. The van der Waals surface area contributed by atoms with Crippen molar-refractivity contribution in [2.75, 3.05) is 26.2 Å². The van der Waals surface area contributed by atoms with Crippen LogP contribution in [-0.4, -0.2) is 42.8 Å². The average molecular weight is 296 g/mol. The van der Waals surface area contributed by atoms with Crippen molar-refractivity contribution in [2.45, 2.75) is 65.2 Å². The molecule has 1 aliphatic heterocycles. The second-order valence-corrected chi connectivity index (χ2v) is 6.31. The van der Waals surface area contributed by atoms with Crippen molar-refractivity contribution in [1.82, 2.24) is 10.2 Å². The molecule has 0 aromatic heterocycles. The second-order valence-electron chi connectivity index (χ2n) is 6.31. The smallest absolute Gasteiger partial charge is 0.223 e. The van der Waals surface area contributed by atoms with Crippen LogP contribution in [0.15, 0.2) is 0 Å². The van der Waals surface area contributed by atoms with E-state index in [1.807, 2.05) is 11.8 Å². The van der Waals surface area contributed by atoms with Crippen LogP contribution in [0, 0.1) is 5.92 Å². The van der Waals surface area contributed by atoms with Gasteiger partial charge >= 0.3 is 0 Å². The van der Waals surface area contributed by atoms with Crippen molar-refractivity contribution in [1.29, 1.82) is 0 Å². The normalized spacial score (nSPS) is 15.0. The molecular formula is C17H32N2O2. The number of ketones is 1. The number of likely N-dealkylation sites (tertiary alicyclic amines) is 1. The van der Waals surface area contributed by atoms with Crippen molar-refractivity contribution in [3.05, 3.63) is 0 Å². The highest BCUT2D eigenvalue weighted by Gasteiger charge is 2.26. The van der Waals surface area contributed by atoms with Crippen LogP contribution in [0.2, 0.25) is 0 Å². The summed E-state index contributed by atoms with van der Waals surface area (Å²) in [6.45, 7) is 7.80. The van der Waals surface area contributed by atoms with Crippen LogP contribution < -0.4 is 5.32 Å². The van der Waals surface area contributed by atoms with E-state index in [1.165, 1.54) is 12.8 Å². The summed E-state index contributed by atoms with van der Waals surface area (Å²) in [5.41, 5.74) is 0. The fourth-order valence-corrected chi connectivity index (χ4v) is 2.66. The first-order valence-corrected chi connectivity index (χ1v) is 8.63. The van der Waals surface area contributed by atoms with Crippen LogP contribution in [0.5, 0.6) is 0 Å². The summed E-state index contributed by atoms with van der Waals surface area (Å²) in [6.07, 6.45) is 7.86. The van der Waals surface area contributed by atoms with Gasteiger partial charge in [-0.05, 0) is 25.3 Å². The Morgan fingerprint density at radius 1 is 1.00 bits per heavy atom. The fraction of sp³-hybridized carbons (Fsp3) is 0.882. The zero-order valence-corrected chi connectivity index (χ0v) is 13.8. The molecule has 4 heteroatoms. The summed E-state index contributed by atoms with van der Waals surface area (Å²) in [5, 5.41) is 3.35. The number of nitrogens with one attached hydrogen (secondary N) is 1. The Morgan fingerprint density at radius 2 is 1.67 bits per heavy atom. The van der Waals surface area contributed by atoms with Crippen molar-refractivity contribution in [3.8, 4) is 0 Å². The third-order valence-corrected chi connectivity index (χ3v) is 4.14. The topological polar surface area (TPSA) is 49.4 Å². The Kier molecular flexibility index (Phi) is 9.31. The van der Waals surface area contributed by atoms with Crippen molar-refractivity contribution < 1.29 is 9.59 Å². The molecule has 21 heavy (non-hydrogen) atoms. The maximum atomic E-state index is 11.7. The molecule has 1 saturated heterocycles. The van der Waals surface area contributed by atoms with E-state index in [9.17, 15) is 9.59 Å².